The van der Waals surface area contributed by atoms with Gasteiger partial charge in [0.1, 0.15) is 12.1 Å². The van der Waals surface area contributed by atoms with Crippen LogP contribution in [0.15, 0.2) is 12.5 Å². The zero-order chi connectivity index (χ0) is 22.6. The molecular weight excluding hydrogens is 406 g/mol. The van der Waals surface area contributed by atoms with Gasteiger partial charge in [-0.25, -0.2) is 9.78 Å². The third kappa shape index (κ3) is 8.34. The fraction of sp³-hybridized carbons (Fsp3) is 0.632. The van der Waals surface area contributed by atoms with Crippen LogP contribution >= 0.6 is 0 Å². The van der Waals surface area contributed by atoms with Crippen LogP contribution in [0.5, 0.6) is 0 Å². The number of unbranched alkanes of at least 4 members (excludes halogenated alkanes) is 1. The predicted octanol–water partition coefficient (Wildman–Crippen LogP) is -2.00. The minimum absolute atomic E-state index is 0.0289. The standard InChI is InChI=1S/C19H31N7O5/c20-6-2-1-4-14(26-18(29)13-5-3-7-22-13)17(28)23-10-16(27)25-15(19(30)31)8-12-9-21-11-24-12/h9,11,13-15,22H,1-8,10,20H2,(H,21,24)(H,23,28)(H,25,27)(H,26,29)(H,30,31). The molecule has 31 heavy (non-hydrogen) atoms. The van der Waals surface area contributed by atoms with E-state index < -0.39 is 36.4 Å². The molecule has 12 heteroatoms. The number of aromatic amines is 1. The average molecular weight is 438 g/mol. The molecule has 172 valence electrons. The molecule has 1 aromatic heterocycles. The molecular formula is C19H31N7O5. The Balaban J connectivity index is 1.86. The van der Waals surface area contributed by atoms with Crippen LogP contribution < -0.4 is 27.0 Å². The molecule has 0 bridgehead atoms. The summed E-state index contributed by atoms with van der Waals surface area (Å²) in [5.41, 5.74) is 6.06. The van der Waals surface area contributed by atoms with Gasteiger partial charge < -0.3 is 37.1 Å². The fourth-order valence-corrected chi connectivity index (χ4v) is 3.29. The molecule has 12 nitrogen and oxygen atoms in total. The normalized spacial score (nSPS) is 17.5. The number of carbonyl (C=O) groups is 4. The van der Waals surface area contributed by atoms with Gasteiger partial charge in [0.25, 0.3) is 0 Å². The van der Waals surface area contributed by atoms with Gasteiger partial charge in [-0.15, -0.1) is 0 Å². The molecule has 8 N–H and O–H groups in total. The molecule has 2 rings (SSSR count). The van der Waals surface area contributed by atoms with E-state index in [2.05, 4.69) is 31.2 Å². The number of imidazole rings is 1. The summed E-state index contributed by atoms with van der Waals surface area (Å²) in [4.78, 5) is 55.1. The van der Waals surface area contributed by atoms with E-state index in [0.29, 0.717) is 37.9 Å². The quantitative estimate of drug-likeness (QED) is 0.172. The van der Waals surface area contributed by atoms with Crippen molar-refractivity contribution in [1.82, 2.24) is 31.2 Å². The molecule has 1 aliphatic rings. The molecule has 0 aliphatic carbocycles. The zero-order valence-corrected chi connectivity index (χ0v) is 17.4. The minimum atomic E-state index is -1.20. The maximum Gasteiger partial charge on any atom is 0.326 e. The Labute approximate surface area is 180 Å². The van der Waals surface area contributed by atoms with Crippen molar-refractivity contribution in [3.63, 3.8) is 0 Å². The molecule has 0 aromatic carbocycles. The van der Waals surface area contributed by atoms with Crippen LogP contribution in [0.25, 0.3) is 0 Å². The lowest BCUT2D eigenvalue weighted by Gasteiger charge is -2.21. The average Bonchev–Trinajstić information content (AvgIpc) is 3.45. The summed E-state index contributed by atoms with van der Waals surface area (Å²) in [5, 5.41) is 20.0. The predicted molar refractivity (Wildman–Crippen MR) is 111 cm³/mol. The third-order valence-corrected chi connectivity index (χ3v) is 4.99. The SMILES string of the molecule is NCCCCC(NC(=O)C1CCCN1)C(=O)NCC(=O)NC(Cc1cnc[nH]1)C(=O)O. The lowest BCUT2D eigenvalue weighted by Crippen LogP contribution is -2.53. The van der Waals surface area contributed by atoms with Crippen molar-refractivity contribution in [3.8, 4) is 0 Å². The number of nitrogens with two attached hydrogens (primary N) is 1. The number of H-pyrrole nitrogens is 1. The van der Waals surface area contributed by atoms with Crippen molar-refractivity contribution in [2.24, 2.45) is 5.73 Å². The van der Waals surface area contributed by atoms with Gasteiger partial charge in [-0.2, -0.15) is 0 Å². The van der Waals surface area contributed by atoms with Crippen LogP contribution in [0.1, 0.15) is 37.8 Å². The second kappa shape index (κ2) is 12.6. The van der Waals surface area contributed by atoms with Crippen molar-refractivity contribution in [3.05, 3.63) is 18.2 Å². The van der Waals surface area contributed by atoms with E-state index in [4.69, 9.17) is 5.73 Å². The molecule has 1 aliphatic heterocycles. The van der Waals surface area contributed by atoms with Gasteiger partial charge in [0.05, 0.1) is 18.9 Å². The highest BCUT2D eigenvalue weighted by molar-refractivity contribution is 5.92. The smallest absolute Gasteiger partial charge is 0.326 e. The molecule has 0 radical (unpaired) electrons. The van der Waals surface area contributed by atoms with E-state index in [-0.39, 0.29) is 18.4 Å². The van der Waals surface area contributed by atoms with Crippen LogP contribution in [-0.2, 0) is 25.6 Å². The highest BCUT2D eigenvalue weighted by Crippen LogP contribution is 2.07. The van der Waals surface area contributed by atoms with Crippen molar-refractivity contribution in [1.29, 1.82) is 0 Å². The number of nitrogens with zero attached hydrogens (tertiary/aromatic N) is 1. The first-order valence-corrected chi connectivity index (χ1v) is 10.4. The Morgan fingerprint density at radius 3 is 2.65 bits per heavy atom. The summed E-state index contributed by atoms with van der Waals surface area (Å²) >= 11 is 0. The van der Waals surface area contributed by atoms with Gasteiger partial charge in [0.15, 0.2) is 0 Å². The van der Waals surface area contributed by atoms with Gasteiger partial charge >= 0.3 is 5.97 Å². The number of nitrogens with one attached hydrogen (secondary N) is 5. The van der Waals surface area contributed by atoms with Crippen molar-refractivity contribution >= 4 is 23.7 Å². The molecule has 1 saturated heterocycles. The molecule has 1 aromatic rings. The molecule has 3 unspecified atom stereocenters. The Bertz CT molecular complexity index is 734. The first-order valence-electron chi connectivity index (χ1n) is 10.4. The highest BCUT2D eigenvalue weighted by atomic mass is 16.4. The van der Waals surface area contributed by atoms with Gasteiger partial charge in [-0.1, -0.05) is 0 Å². The minimum Gasteiger partial charge on any atom is -0.480 e. The summed E-state index contributed by atoms with van der Waals surface area (Å²) in [6.07, 6.45) is 6.25. The maximum absolute atomic E-state index is 12.6. The molecule has 1 fully saturated rings. The van der Waals surface area contributed by atoms with Gasteiger partial charge in [-0.05, 0) is 45.2 Å². The molecule has 0 spiro atoms. The van der Waals surface area contributed by atoms with E-state index in [0.717, 1.165) is 13.0 Å². The summed E-state index contributed by atoms with van der Waals surface area (Å²) in [6.45, 7) is 0.823. The summed E-state index contributed by atoms with van der Waals surface area (Å²) in [5.74, 6) is -2.60. The van der Waals surface area contributed by atoms with Crippen LogP contribution in [0.2, 0.25) is 0 Å². The Morgan fingerprint density at radius 1 is 1.23 bits per heavy atom. The zero-order valence-electron chi connectivity index (χ0n) is 17.4. The number of rotatable bonds is 13. The van der Waals surface area contributed by atoms with E-state index in [1.807, 2.05) is 0 Å². The Kier molecular flexibility index (Phi) is 9.91. The van der Waals surface area contributed by atoms with Crippen molar-refractivity contribution in [2.45, 2.75) is 56.7 Å². The van der Waals surface area contributed by atoms with Gasteiger partial charge in [0, 0.05) is 18.3 Å². The molecule has 2 heterocycles. The van der Waals surface area contributed by atoms with Gasteiger partial charge in [0.2, 0.25) is 17.7 Å². The molecule has 3 amide bonds. The number of hydrogen-bond acceptors (Lipinski definition) is 7. The second-order valence-electron chi connectivity index (χ2n) is 7.45. The number of aliphatic carboxylic acids is 1. The number of carboxylic acid groups (broad SMARTS) is 1. The highest BCUT2D eigenvalue weighted by Gasteiger charge is 2.27. The van der Waals surface area contributed by atoms with Crippen molar-refractivity contribution < 1.29 is 24.3 Å². The largest absolute Gasteiger partial charge is 0.480 e. The van der Waals surface area contributed by atoms with Crippen molar-refractivity contribution in [2.75, 3.05) is 19.6 Å². The summed E-state index contributed by atoms with van der Waals surface area (Å²) in [7, 11) is 0. The van der Waals surface area contributed by atoms with Crippen LogP contribution in [-0.4, -0.2) is 76.5 Å². The number of aromatic nitrogens is 2. The van der Waals surface area contributed by atoms with Crippen LogP contribution in [0.3, 0.4) is 0 Å². The number of carbonyl (C=O) groups excluding carboxylic acids is 3. The third-order valence-electron chi connectivity index (χ3n) is 4.99. The van der Waals surface area contributed by atoms with Gasteiger partial charge in [-0.3, -0.25) is 14.4 Å². The van der Waals surface area contributed by atoms with E-state index in [1.165, 1.54) is 12.5 Å². The van der Waals surface area contributed by atoms with E-state index in [9.17, 15) is 24.3 Å². The first-order chi connectivity index (χ1) is 14.9. The Hall–Kier alpha value is -2.99. The Morgan fingerprint density at radius 2 is 2.03 bits per heavy atom. The second-order valence-corrected chi connectivity index (χ2v) is 7.45. The molecule has 0 saturated carbocycles. The summed E-state index contributed by atoms with van der Waals surface area (Å²) in [6, 6.07) is -2.29. The first kappa shape index (κ1) is 24.3. The van der Waals surface area contributed by atoms with Crippen LogP contribution in [0, 0.1) is 0 Å². The van der Waals surface area contributed by atoms with E-state index in [1.54, 1.807) is 0 Å². The van der Waals surface area contributed by atoms with Crippen LogP contribution in [0.4, 0.5) is 0 Å². The molecule has 3 atom stereocenters. The lowest BCUT2D eigenvalue weighted by atomic mass is 10.1. The lowest BCUT2D eigenvalue weighted by molar-refractivity contribution is -0.141. The number of hydrogen-bond donors (Lipinski definition) is 7. The number of amides is 3. The fourth-order valence-electron chi connectivity index (χ4n) is 3.29. The van der Waals surface area contributed by atoms with E-state index >= 15 is 0 Å². The summed E-state index contributed by atoms with van der Waals surface area (Å²) < 4.78 is 0. The maximum atomic E-state index is 12.6. The number of carboxylic acids is 1. The monoisotopic (exact) mass is 437 g/mol. The topological polar surface area (TPSA) is 191 Å².